The summed E-state index contributed by atoms with van der Waals surface area (Å²) in [6, 6.07) is 10.4. The van der Waals surface area contributed by atoms with Crippen LogP contribution in [0.25, 0.3) is 0 Å². The maximum absolute atomic E-state index is 10.7. The molecule has 1 aromatic heterocycles. The average Bonchev–Trinajstić information content (AvgIpc) is 2.39. The van der Waals surface area contributed by atoms with Gasteiger partial charge in [-0.25, -0.2) is 4.57 Å². The summed E-state index contributed by atoms with van der Waals surface area (Å²) in [5.41, 5.74) is 3.10. The molecule has 0 atom stereocenters. The summed E-state index contributed by atoms with van der Waals surface area (Å²) in [6.07, 6.45) is 4.14. The van der Waals surface area contributed by atoms with Crippen molar-refractivity contribution >= 4 is 0 Å². The topological polar surface area (TPSA) is 24.1 Å². The Morgan fingerprint density at radius 1 is 0.826 bits per heavy atom. The molecular formula is C20H28BrNO. The van der Waals surface area contributed by atoms with Gasteiger partial charge >= 0.3 is 0 Å². The standard InChI is InChI=1S/C20H27NO.BrH/c1-19(2,3)16-12-15(14-21-10-8-7-9-11-21)13-17(18(16)22)20(4,5)6;/h7-13H,14H2,1-6H3;1H. The minimum absolute atomic E-state index is 0. The van der Waals surface area contributed by atoms with Gasteiger partial charge in [0.15, 0.2) is 18.9 Å². The van der Waals surface area contributed by atoms with Crippen LogP contribution in [0.5, 0.6) is 5.75 Å². The largest absolute Gasteiger partial charge is 1.00 e. The van der Waals surface area contributed by atoms with Crippen LogP contribution in [-0.4, -0.2) is 5.11 Å². The zero-order chi connectivity index (χ0) is 16.5. The number of nitrogens with zero attached hydrogens (tertiary/aromatic N) is 1. The van der Waals surface area contributed by atoms with Gasteiger partial charge in [0, 0.05) is 28.8 Å². The molecule has 0 aliphatic carbocycles. The van der Waals surface area contributed by atoms with Crippen LogP contribution in [0, 0.1) is 0 Å². The fraction of sp³-hybridized carbons (Fsp3) is 0.450. The van der Waals surface area contributed by atoms with Crippen LogP contribution >= 0.6 is 0 Å². The minimum Gasteiger partial charge on any atom is -1.00 e. The van der Waals surface area contributed by atoms with Crippen molar-refractivity contribution in [1.82, 2.24) is 0 Å². The van der Waals surface area contributed by atoms with Crippen molar-refractivity contribution in [2.75, 3.05) is 0 Å². The molecule has 0 amide bonds. The molecule has 3 heteroatoms. The Labute approximate surface area is 151 Å². The molecule has 0 aliphatic heterocycles. The fourth-order valence-corrected chi connectivity index (χ4v) is 2.68. The van der Waals surface area contributed by atoms with E-state index in [1.807, 2.05) is 18.2 Å². The highest BCUT2D eigenvalue weighted by Gasteiger charge is 2.27. The molecule has 23 heavy (non-hydrogen) atoms. The molecule has 2 nitrogen and oxygen atoms in total. The lowest BCUT2D eigenvalue weighted by Crippen LogP contribution is -3.00. The van der Waals surface area contributed by atoms with Crippen LogP contribution in [0.2, 0.25) is 0 Å². The Kier molecular flexibility index (Phi) is 6.03. The monoisotopic (exact) mass is 377 g/mol. The van der Waals surface area contributed by atoms with Crippen LogP contribution in [0.3, 0.4) is 0 Å². The molecule has 126 valence electrons. The highest BCUT2D eigenvalue weighted by atomic mass is 79.9. The van der Waals surface area contributed by atoms with Gasteiger partial charge in [-0.15, -0.1) is 0 Å². The van der Waals surface area contributed by atoms with Gasteiger partial charge in [0.1, 0.15) is 5.75 Å². The second-order valence-corrected chi connectivity index (χ2v) is 8.09. The molecule has 2 aromatic rings. The van der Waals surface area contributed by atoms with Gasteiger partial charge in [-0.05, 0) is 23.0 Å². The lowest BCUT2D eigenvalue weighted by atomic mass is 9.78. The number of pyridine rings is 1. The van der Waals surface area contributed by atoms with Crippen molar-refractivity contribution in [1.29, 1.82) is 0 Å². The number of hydrogen-bond acceptors (Lipinski definition) is 1. The first kappa shape index (κ1) is 19.7. The van der Waals surface area contributed by atoms with E-state index < -0.39 is 0 Å². The van der Waals surface area contributed by atoms with Crippen molar-refractivity contribution < 1.29 is 26.7 Å². The van der Waals surface area contributed by atoms with E-state index in [0.29, 0.717) is 5.75 Å². The molecule has 0 fully saturated rings. The maximum Gasteiger partial charge on any atom is 0.173 e. The van der Waals surface area contributed by atoms with Gasteiger partial charge in [-0.1, -0.05) is 47.6 Å². The minimum atomic E-state index is -0.0819. The Morgan fingerprint density at radius 3 is 1.65 bits per heavy atom. The first-order valence-corrected chi connectivity index (χ1v) is 7.90. The number of hydrogen-bond donors (Lipinski definition) is 1. The molecule has 1 N–H and O–H groups in total. The Bertz CT molecular complexity index is 617. The number of rotatable bonds is 2. The van der Waals surface area contributed by atoms with Gasteiger partial charge in [0.2, 0.25) is 0 Å². The van der Waals surface area contributed by atoms with Crippen LogP contribution in [0.1, 0.15) is 58.2 Å². The van der Waals surface area contributed by atoms with E-state index >= 15 is 0 Å². The summed E-state index contributed by atoms with van der Waals surface area (Å²) >= 11 is 0. The summed E-state index contributed by atoms with van der Waals surface area (Å²) < 4.78 is 2.16. The molecule has 0 bridgehead atoms. The van der Waals surface area contributed by atoms with Crippen LogP contribution < -0.4 is 21.5 Å². The van der Waals surface area contributed by atoms with E-state index in [1.165, 1.54) is 5.56 Å². The number of phenols is 1. The Balaban J connectivity index is 0.00000264. The van der Waals surface area contributed by atoms with Crippen molar-refractivity contribution in [2.24, 2.45) is 0 Å². The maximum atomic E-state index is 10.7. The summed E-state index contributed by atoms with van der Waals surface area (Å²) in [6.45, 7) is 13.7. The Hall–Kier alpha value is -1.35. The molecule has 1 heterocycles. The van der Waals surface area contributed by atoms with E-state index in [0.717, 1.165) is 17.7 Å². The second kappa shape index (κ2) is 7.04. The average molecular weight is 378 g/mol. The summed E-state index contributed by atoms with van der Waals surface area (Å²) in [5, 5.41) is 10.7. The molecule has 0 saturated heterocycles. The summed E-state index contributed by atoms with van der Waals surface area (Å²) in [4.78, 5) is 0. The number of aromatic nitrogens is 1. The number of benzene rings is 1. The molecular weight excluding hydrogens is 350 g/mol. The summed E-state index contributed by atoms with van der Waals surface area (Å²) in [5.74, 6) is 0.446. The smallest absolute Gasteiger partial charge is 0.173 e. The third-order valence-corrected chi connectivity index (χ3v) is 3.93. The van der Waals surface area contributed by atoms with Gasteiger partial charge in [0.05, 0.1) is 0 Å². The molecule has 0 aliphatic rings. The van der Waals surface area contributed by atoms with E-state index in [2.05, 4.69) is 70.6 Å². The van der Waals surface area contributed by atoms with E-state index in [9.17, 15) is 5.11 Å². The first-order chi connectivity index (χ1) is 10.1. The zero-order valence-corrected chi connectivity index (χ0v) is 16.6. The normalized spacial score (nSPS) is 11.9. The molecule has 0 unspecified atom stereocenters. The third kappa shape index (κ3) is 4.81. The van der Waals surface area contributed by atoms with E-state index in [-0.39, 0.29) is 27.8 Å². The quantitative estimate of drug-likeness (QED) is 0.784. The molecule has 0 saturated carbocycles. The van der Waals surface area contributed by atoms with Gasteiger partial charge in [0.25, 0.3) is 0 Å². The lowest BCUT2D eigenvalue weighted by Gasteiger charge is -2.27. The van der Waals surface area contributed by atoms with Gasteiger partial charge in [-0.2, -0.15) is 0 Å². The number of halogens is 1. The number of phenolic OH excluding ortho intramolecular Hbond substituents is 1. The highest BCUT2D eigenvalue weighted by Crippen LogP contribution is 2.39. The molecule has 0 spiro atoms. The molecule has 0 radical (unpaired) electrons. The fourth-order valence-electron chi connectivity index (χ4n) is 2.68. The highest BCUT2D eigenvalue weighted by molar-refractivity contribution is 5.49. The number of aromatic hydroxyl groups is 1. The van der Waals surface area contributed by atoms with Gasteiger partial charge < -0.3 is 22.1 Å². The summed E-state index contributed by atoms with van der Waals surface area (Å²) in [7, 11) is 0. The Morgan fingerprint density at radius 2 is 1.26 bits per heavy atom. The first-order valence-electron chi connectivity index (χ1n) is 7.90. The lowest BCUT2D eigenvalue weighted by molar-refractivity contribution is -0.688. The van der Waals surface area contributed by atoms with Crippen LogP contribution in [0.15, 0.2) is 42.7 Å². The van der Waals surface area contributed by atoms with Crippen molar-refractivity contribution in [2.45, 2.75) is 58.9 Å². The zero-order valence-electron chi connectivity index (χ0n) is 15.0. The second-order valence-electron chi connectivity index (χ2n) is 8.09. The van der Waals surface area contributed by atoms with Gasteiger partial charge in [-0.3, -0.25) is 0 Å². The molecule has 1 aromatic carbocycles. The van der Waals surface area contributed by atoms with Crippen molar-refractivity contribution in [3.63, 3.8) is 0 Å². The molecule has 2 rings (SSSR count). The predicted molar refractivity (Wildman–Crippen MR) is 91.2 cm³/mol. The predicted octanol–water partition coefficient (Wildman–Crippen LogP) is 1.33. The third-order valence-electron chi connectivity index (χ3n) is 3.93. The van der Waals surface area contributed by atoms with Crippen LogP contribution in [0.4, 0.5) is 0 Å². The van der Waals surface area contributed by atoms with Crippen molar-refractivity contribution in [3.8, 4) is 5.75 Å². The van der Waals surface area contributed by atoms with Crippen molar-refractivity contribution in [3.05, 3.63) is 59.4 Å². The van der Waals surface area contributed by atoms with Crippen LogP contribution in [-0.2, 0) is 17.4 Å². The van der Waals surface area contributed by atoms with E-state index in [4.69, 9.17) is 0 Å². The van der Waals surface area contributed by atoms with E-state index in [1.54, 1.807) is 0 Å². The SMILES string of the molecule is CC(C)(C)c1cc(C[n+]2ccccc2)cc(C(C)(C)C)c1O.[Br-].